The molecule has 1 aliphatic carbocycles. The van der Waals surface area contributed by atoms with E-state index >= 15 is 0 Å². The fourth-order valence-corrected chi connectivity index (χ4v) is 14.5. The molecule has 0 aromatic carbocycles. The van der Waals surface area contributed by atoms with Gasteiger partial charge in [-0.15, -0.1) is 0 Å². The van der Waals surface area contributed by atoms with E-state index in [-0.39, 0.29) is 28.8 Å². The number of Topliss-reactive ketones (excluding diaryl/α,β-unsaturated/α-hetero) is 1. The molecule has 5 nitrogen and oxygen atoms in total. The highest BCUT2D eigenvalue weighted by atomic mass is 28.4. The molecule has 1 rings (SSSR count). The maximum atomic E-state index is 13.4. The molecule has 0 spiro atoms. The van der Waals surface area contributed by atoms with E-state index in [1.165, 1.54) is 14.2 Å². The van der Waals surface area contributed by atoms with Crippen LogP contribution >= 0.6 is 0 Å². The van der Waals surface area contributed by atoms with E-state index in [9.17, 15) is 9.90 Å². The predicted molar refractivity (Wildman–Crippen MR) is 110 cm³/mol. The summed E-state index contributed by atoms with van der Waals surface area (Å²) in [4.78, 5) is 14.6. The number of allylic oxidation sites excluding steroid dienone is 2. The van der Waals surface area contributed by atoms with Crippen LogP contribution in [0, 0.1) is 0 Å². The number of rotatable bonds is 5. The Morgan fingerprint density at radius 2 is 1.27 bits per heavy atom. The van der Waals surface area contributed by atoms with Crippen LogP contribution in [-0.2, 0) is 19.0 Å². The Labute approximate surface area is 159 Å². The van der Waals surface area contributed by atoms with Gasteiger partial charge in [0.25, 0.3) is 0 Å². The third-order valence-corrected chi connectivity index (χ3v) is 11.9. The molecule has 1 aliphatic rings. The van der Waals surface area contributed by atoms with Gasteiger partial charge in [0, 0.05) is 0 Å². The van der Waals surface area contributed by atoms with Gasteiger partial charge in [0.05, 0.1) is 35.9 Å². The molecule has 0 fully saturated rings. The maximum Gasteiger partial charge on any atom is 0.234 e. The number of ether oxygens (including phenoxy) is 3. The van der Waals surface area contributed by atoms with Crippen molar-refractivity contribution in [1.82, 2.24) is 0 Å². The quantitative estimate of drug-likeness (QED) is 0.537. The molecule has 0 aromatic rings. The highest BCUT2D eigenvalue weighted by molar-refractivity contribution is 7.05. The van der Waals surface area contributed by atoms with Crippen molar-refractivity contribution >= 4 is 21.9 Å². The second-order valence-corrected chi connectivity index (χ2v) is 20.0. The Bertz CT molecular complexity index is 664. The van der Waals surface area contributed by atoms with Gasteiger partial charge in [-0.05, 0) is 20.8 Å². The Morgan fingerprint density at radius 3 is 1.58 bits per heavy atom. The van der Waals surface area contributed by atoms with Gasteiger partial charge in [-0.25, -0.2) is 0 Å². The lowest BCUT2D eigenvalue weighted by molar-refractivity contribution is -0.116. The van der Waals surface area contributed by atoms with Crippen LogP contribution in [0.3, 0.4) is 0 Å². The van der Waals surface area contributed by atoms with Crippen molar-refractivity contribution in [3.05, 3.63) is 33.4 Å². The number of aliphatic hydroxyl groups is 1. The van der Waals surface area contributed by atoms with E-state index in [2.05, 4.69) is 39.3 Å². The number of ketones is 1. The summed E-state index contributed by atoms with van der Waals surface area (Å²) in [6, 6.07) is 0. The summed E-state index contributed by atoms with van der Waals surface area (Å²) in [6.45, 7) is 19.0. The van der Waals surface area contributed by atoms with Gasteiger partial charge in [-0.3, -0.25) is 4.79 Å². The molecule has 0 saturated carbocycles. The molecule has 1 N–H and O–H groups in total. The fourth-order valence-electron chi connectivity index (χ4n) is 3.53. The molecule has 0 unspecified atom stereocenters. The van der Waals surface area contributed by atoms with Crippen molar-refractivity contribution in [2.75, 3.05) is 14.2 Å². The Balaban J connectivity index is 4.03. The largest absolute Gasteiger partial charge is 0.502 e. The Morgan fingerprint density at radius 1 is 0.846 bits per heavy atom. The predicted octanol–water partition coefficient (Wildman–Crippen LogP) is 4.71. The van der Waals surface area contributed by atoms with E-state index in [4.69, 9.17) is 14.2 Å². The van der Waals surface area contributed by atoms with Gasteiger partial charge in [-0.2, -0.15) is 0 Å². The standard InChI is InChI=1S/C19H34O5Si2/c1-19(2,3)24-15-12(18(25(6,7)8)26(9,10)11)13(20)16(22-4)17(23-5)14(15)21/h21H,1-11H3. The second-order valence-electron chi connectivity index (χ2n) is 9.54. The lowest BCUT2D eigenvalue weighted by Gasteiger charge is -2.37. The van der Waals surface area contributed by atoms with E-state index in [0.29, 0.717) is 5.57 Å². The number of carbonyl (C=O) groups excluding carboxylic acids is 1. The van der Waals surface area contributed by atoms with Crippen molar-refractivity contribution in [3.63, 3.8) is 0 Å². The molecule has 0 heterocycles. The van der Waals surface area contributed by atoms with Crippen LogP contribution in [0.1, 0.15) is 20.8 Å². The zero-order valence-electron chi connectivity index (χ0n) is 18.1. The molecule has 0 aliphatic heterocycles. The van der Waals surface area contributed by atoms with E-state index < -0.39 is 21.7 Å². The third-order valence-electron chi connectivity index (χ3n) is 3.86. The second kappa shape index (κ2) is 7.27. The summed E-state index contributed by atoms with van der Waals surface area (Å²) in [5.74, 6) is -0.203. The molecule has 0 bridgehead atoms. The minimum absolute atomic E-state index is 0.0194. The van der Waals surface area contributed by atoms with Crippen LogP contribution in [0.5, 0.6) is 0 Å². The van der Waals surface area contributed by atoms with Gasteiger partial charge >= 0.3 is 0 Å². The number of methoxy groups -OCH3 is 2. The summed E-state index contributed by atoms with van der Waals surface area (Å²) >= 11 is 0. The first-order valence-electron chi connectivity index (χ1n) is 8.81. The summed E-state index contributed by atoms with van der Waals surface area (Å²) in [5, 5.41) is 10.9. The van der Waals surface area contributed by atoms with Crippen LogP contribution in [-0.4, -0.2) is 46.9 Å². The molecule has 0 aromatic heterocycles. The van der Waals surface area contributed by atoms with Gasteiger partial charge in [0.2, 0.25) is 23.1 Å². The number of hydrogen-bond donors (Lipinski definition) is 1. The fraction of sp³-hybridized carbons (Fsp3) is 0.632. The van der Waals surface area contributed by atoms with Crippen LogP contribution in [0.25, 0.3) is 0 Å². The molecule has 0 radical (unpaired) electrons. The first-order valence-corrected chi connectivity index (χ1v) is 15.8. The van der Waals surface area contributed by atoms with Crippen molar-refractivity contribution in [2.45, 2.75) is 65.7 Å². The molecular formula is C19H34O5Si2. The minimum atomic E-state index is -1.90. The number of carbonyl (C=O) groups is 1. The lowest BCUT2D eigenvalue weighted by atomic mass is 10.0. The lowest BCUT2D eigenvalue weighted by Crippen LogP contribution is -2.44. The molecule has 26 heavy (non-hydrogen) atoms. The molecular weight excluding hydrogens is 364 g/mol. The zero-order chi connectivity index (χ0) is 20.7. The van der Waals surface area contributed by atoms with Crippen molar-refractivity contribution in [1.29, 1.82) is 0 Å². The molecule has 0 amide bonds. The van der Waals surface area contributed by atoms with Gasteiger partial charge < -0.3 is 19.3 Å². The summed E-state index contributed by atoms with van der Waals surface area (Å²) in [7, 11) is -0.978. The highest BCUT2D eigenvalue weighted by Gasteiger charge is 2.44. The summed E-state index contributed by atoms with van der Waals surface area (Å²) < 4.78 is 16.7. The van der Waals surface area contributed by atoms with Crippen LogP contribution in [0.2, 0.25) is 39.3 Å². The number of aliphatic hydroxyl groups excluding tert-OH is 1. The van der Waals surface area contributed by atoms with Crippen molar-refractivity contribution < 1.29 is 24.1 Å². The first-order chi connectivity index (χ1) is 11.6. The molecule has 7 heteroatoms. The minimum Gasteiger partial charge on any atom is -0.502 e. The monoisotopic (exact) mass is 398 g/mol. The smallest absolute Gasteiger partial charge is 0.234 e. The molecule has 0 atom stereocenters. The van der Waals surface area contributed by atoms with Crippen LogP contribution < -0.4 is 0 Å². The van der Waals surface area contributed by atoms with Crippen LogP contribution in [0.4, 0.5) is 0 Å². The topological polar surface area (TPSA) is 65.0 Å². The average Bonchev–Trinajstić information content (AvgIpc) is 2.41. The molecule has 0 saturated heterocycles. The van der Waals surface area contributed by atoms with Crippen LogP contribution in [0.15, 0.2) is 33.4 Å². The average molecular weight is 399 g/mol. The Hall–Kier alpha value is -1.48. The zero-order valence-corrected chi connectivity index (χ0v) is 20.1. The van der Waals surface area contributed by atoms with Crippen molar-refractivity contribution in [2.24, 2.45) is 0 Å². The summed E-state index contributed by atoms with van der Waals surface area (Å²) in [5.41, 5.74) is -0.115. The SMILES string of the molecule is COC1=C(OC)C(O)=C(OC(C)(C)C)C(=C([Si](C)(C)C)[Si](C)(C)C)C1=O. The highest BCUT2D eigenvalue weighted by Crippen LogP contribution is 2.40. The van der Waals surface area contributed by atoms with E-state index in [1.54, 1.807) is 0 Å². The number of hydrogen-bond acceptors (Lipinski definition) is 5. The van der Waals surface area contributed by atoms with E-state index in [1.807, 2.05) is 20.8 Å². The maximum absolute atomic E-state index is 13.4. The van der Waals surface area contributed by atoms with Gasteiger partial charge in [-0.1, -0.05) is 44.1 Å². The molecule has 148 valence electrons. The van der Waals surface area contributed by atoms with Crippen molar-refractivity contribution in [3.8, 4) is 0 Å². The van der Waals surface area contributed by atoms with E-state index in [0.717, 1.165) is 4.82 Å². The third kappa shape index (κ3) is 4.62. The Kier molecular flexibility index (Phi) is 6.31. The van der Waals surface area contributed by atoms with Gasteiger partial charge in [0.1, 0.15) is 5.60 Å². The first kappa shape index (κ1) is 22.6. The normalized spacial score (nSPS) is 16.9. The summed E-state index contributed by atoms with van der Waals surface area (Å²) in [6.07, 6.45) is 0. The van der Waals surface area contributed by atoms with Gasteiger partial charge in [0.15, 0.2) is 5.76 Å².